The molecule has 1 amide bonds. The summed E-state index contributed by atoms with van der Waals surface area (Å²) in [5.74, 6) is 2.15. The van der Waals surface area contributed by atoms with Crippen LogP contribution in [0, 0.1) is 17.8 Å². The van der Waals surface area contributed by atoms with Gasteiger partial charge in [0.15, 0.2) is 5.69 Å². The number of hydrogen-bond donors (Lipinski definition) is 1. The number of benzene rings is 1. The van der Waals surface area contributed by atoms with Gasteiger partial charge in [-0.25, -0.2) is 4.68 Å². The van der Waals surface area contributed by atoms with Crippen LogP contribution in [0.25, 0.3) is 10.8 Å². The van der Waals surface area contributed by atoms with Crippen molar-refractivity contribution in [1.29, 1.82) is 0 Å². The van der Waals surface area contributed by atoms with Gasteiger partial charge in [0.05, 0.1) is 5.39 Å². The third-order valence-corrected chi connectivity index (χ3v) is 9.28. The van der Waals surface area contributed by atoms with Crippen LogP contribution in [0.15, 0.2) is 29.1 Å². The van der Waals surface area contributed by atoms with Crippen LogP contribution in [0.5, 0.6) is 0 Å². The molecule has 0 unspecified atom stereocenters. The number of anilines is 1. The third-order valence-electron chi connectivity index (χ3n) is 8.19. The summed E-state index contributed by atoms with van der Waals surface area (Å²) in [7, 11) is 0. The molecule has 2 aromatic heterocycles. The van der Waals surface area contributed by atoms with Gasteiger partial charge in [-0.2, -0.15) is 5.10 Å². The highest BCUT2D eigenvalue weighted by molar-refractivity contribution is 7.15. The molecule has 0 saturated heterocycles. The number of carbonyl (C=O) groups excluding carboxylic acids is 1. The standard InChI is InChI=1S/C26H31N5O2S/c1-2-3-6-9-31-23(33)20-8-5-4-7-19(20)21(30-31)22(32)27-25-29-28-24(34-25)26-13-16-10-17(14-26)12-18(11-16)15-26/h4-5,7-8,16-18H,2-3,6,9-15H2,1H3,(H,27,29,32). The van der Waals surface area contributed by atoms with Crippen LogP contribution in [0.4, 0.5) is 5.13 Å². The number of hydrogen-bond acceptors (Lipinski definition) is 6. The summed E-state index contributed by atoms with van der Waals surface area (Å²) in [6.45, 7) is 2.63. The second kappa shape index (κ2) is 8.56. The molecule has 3 aromatic rings. The Labute approximate surface area is 203 Å². The molecule has 4 aliphatic carbocycles. The highest BCUT2D eigenvalue weighted by Gasteiger charge is 2.53. The van der Waals surface area contributed by atoms with E-state index in [0.29, 0.717) is 22.4 Å². The van der Waals surface area contributed by atoms with Crippen molar-refractivity contribution < 1.29 is 4.79 Å². The summed E-state index contributed by atoms with van der Waals surface area (Å²) in [5, 5.41) is 19.1. The van der Waals surface area contributed by atoms with Crippen LogP contribution in [0.2, 0.25) is 0 Å². The monoisotopic (exact) mass is 477 g/mol. The molecular weight excluding hydrogens is 446 g/mol. The largest absolute Gasteiger partial charge is 0.295 e. The van der Waals surface area contributed by atoms with Gasteiger partial charge in [0, 0.05) is 17.3 Å². The number of carbonyl (C=O) groups is 1. The highest BCUT2D eigenvalue weighted by Crippen LogP contribution is 2.61. The van der Waals surface area contributed by atoms with Gasteiger partial charge in [-0.05, 0) is 68.8 Å². The van der Waals surface area contributed by atoms with Gasteiger partial charge in [-0.15, -0.1) is 10.2 Å². The lowest BCUT2D eigenvalue weighted by Crippen LogP contribution is -2.48. The topological polar surface area (TPSA) is 89.8 Å². The summed E-state index contributed by atoms with van der Waals surface area (Å²) < 4.78 is 1.44. The number of aryl methyl sites for hydroxylation is 1. The fraction of sp³-hybridized carbons (Fsp3) is 0.577. The van der Waals surface area contributed by atoms with Crippen LogP contribution < -0.4 is 10.9 Å². The van der Waals surface area contributed by atoms with Gasteiger partial charge in [-0.1, -0.05) is 49.3 Å². The molecule has 0 aliphatic heterocycles. The maximum Gasteiger partial charge on any atom is 0.278 e. The van der Waals surface area contributed by atoms with E-state index in [1.165, 1.54) is 54.5 Å². The van der Waals surface area contributed by atoms with Crippen LogP contribution in [0.1, 0.15) is 80.2 Å². The molecule has 0 radical (unpaired) electrons. The van der Waals surface area contributed by atoms with Gasteiger partial charge < -0.3 is 0 Å². The molecule has 4 fully saturated rings. The van der Waals surface area contributed by atoms with E-state index in [1.807, 2.05) is 12.1 Å². The van der Waals surface area contributed by atoms with E-state index < -0.39 is 0 Å². The van der Waals surface area contributed by atoms with E-state index >= 15 is 0 Å². The number of amides is 1. The molecule has 7 rings (SSSR count). The molecule has 8 heteroatoms. The van der Waals surface area contributed by atoms with Crippen LogP contribution in [-0.4, -0.2) is 25.9 Å². The molecule has 0 atom stereocenters. The lowest BCUT2D eigenvalue weighted by Gasteiger charge is -2.55. The number of unbranched alkanes of at least 4 members (excludes halogenated alkanes) is 2. The first-order valence-corrected chi connectivity index (χ1v) is 13.5. The van der Waals surface area contributed by atoms with E-state index in [2.05, 4.69) is 27.5 Å². The summed E-state index contributed by atoms with van der Waals surface area (Å²) in [5.41, 5.74) is 0.272. The summed E-state index contributed by atoms with van der Waals surface area (Å²) in [4.78, 5) is 26.2. The Morgan fingerprint density at radius 3 is 2.41 bits per heavy atom. The summed E-state index contributed by atoms with van der Waals surface area (Å²) in [6.07, 6.45) is 10.7. The average Bonchev–Trinajstić information content (AvgIpc) is 3.29. The highest BCUT2D eigenvalue weighted by atomic mass is 32.1. The zero-order valence-electron chi connectivity index (χ0n) is 19.6. The Kier molecular flexibility index (Phi) is 5.51. The molecule has 178 valence electrons. The SMILES string of the molecule is CCCCCn1nc(C(=O)Nc2nnc(C34CC5CC(CC(C5)C3)C4)s2)c2ccccc2c1=O. The zero-order valence-corrected chi connectivity index (χ0v) is 20.4. The molecule has 4 aliphatic rings. The van der Waals surface area contributed by atoms with Crippen molar-refractivity contribution in [3.05, 3.63) is 45.3 Å². The lowest BCUT2D eigenvalue weighted by atomic mass is 9.50. The fourth-order valence-electron chi connectivity index (χ4n) is 7.08. The molecular formula is C26H31N5O2S. The van der Waals surface area contributed by atoms with Gasteiger partial charge in [-0.3, -0.25) is 14.9 Å². The maximum absolute atomic E-state index is 13.3. The molecule has 4 saturated carbocycles. The van der Waals surface area contributed by atoms with Crippen molar-refractivity contribution >= 4 is 33.1 Å². The van der Waals surface area contributed by atoms with Crippen molar-refractivity contribution in [1.82, 2.24) is 20.0 Å². The number of rotatable bonds is 7. The lowest BCUT2D eigenvalue weighted by molar-refractivity contribution is -0.00555. The minimum atomic E-state index is -0.339. The van der Waals surface area contributed by atoms with Gasteiger partial charge in [0.25, 0.3) is 11.5 Å². The van der Waals surface area contributed by atoms with E-state index in [0.717, 1.165) is 42.0 Å². The zero-order chi connectivity index (χ0) is 23.3. The summed E-state index contributed by atoms with van der Waals surface area (Å²) >= 11 is 1.52. The summed E-state index contributed by atoms with van der Waals surface area (Å²) in [6, 6.07) is 7.21. The minimum Gasteiger partial charge on any atom is -0.295 e. The maximum atomic E-state index is 13.3. The Morgan fingerprint density at radius 1 is 1.06 bits per heavy atom. The molecule has 4 bridgehead atoms. The predicted molar refractivity (Wildman–Crippen MR) is 133 cm³/mol. The fourth-order valence-corrected chi connectivity index (χ4v) is 8.04. The Balaban J connectivity index is 1.27. The first-order chi connectivity index (χ1) is 16.5. The van der Waals surface area contributed by atoms with Crippen LogP contribution in [-0.2, 0) is 12.0 Å². The van der Waals surface area contributed by atoms with E-state index in [1.54, 1.807) is 12.1 Å². The van der Waals surface area contributed by atoms with Crippen LogP contribution in [0.3, 0.4) is 0 Å². The minimum absolute atomic E-state index is 0.150. The quantitative estimate of drug-likeness (QED) is 0.475. The molecule has 2 heterocycles. The van der Waals surface area contributed by atoms with Crippen molar-refractivity contribution in [3.63, 3.8) is 0 Å². The average molecular weight is 478 g/mol. The molecule has 0 spiro atoms. The van der Waals surface area contributed by atoms with Gasteiger partial charge >= 0.3 is 0 Å². The van der Waals surface area contributed by atoms with Crippen molar-refractivity contribution in [2.24, 2.45) is 17.8 Å². The first kappa shape index (κ1) is 21.9. The Bertz CT molecular complexity index is 1260. The van der Waals surface area contributed by atoms with E-state index in [4.69, 9.17) is 0 Å². The Hall–Kier alpha value is -2.61. The second-order valence-electron chi connectivity index (χ2n) is 10.7. The molecule has 7 nitrogen and oxygen atoms in total. The molecule has 1 N–H and O–H groups in total. The predicted octanol–water partition coefficient (Wildman–Crippen LogP) is 5.16. The molecule has 34 heavy (non-hydrogen) atoms. The molecule has 1 aromatic carbocycles. The van der Waals surface area contributed by atoms with E-state index in [9.17, 15) is 9.59 Å². The van der Waals surface area contributed by atoms with Gasteiger partial charge in [0.2, 0.25) is 5.13 Å². The normalized spacial score (nSPS) is 27.4. The van der Waals surface area contributed by atoms with E-state index in [-0.39, 0.29) is 22.6 Å². The van der Waals surface area contributed by atoms with Crippen LogP contribution >= 0.6 is 11.3 Å². The number of aromatic nitrogens is 4. The second-order valence-corrected chi connectivity index (χ2v) is 11.7. The number of nitrogens with one attached hydrogen (secondary N) is 1. The smallest absolute Gasteiger partial charge is 0.278 e. The Morgan fingerprint density at radius 2 is 1.74 bits per heavy atom. The van der Waals surface area contributed by atoms with Crippen molar-refractivity contribution in [2.45, 2.75) is 76.7 Å². The first-order valence-electron chi connectivity index (χ1n) is 12.7. The van der Waals surface area contributed by atoms with Gasteiger partial charge in [0.1, 0.15) is 5.01 Å². The third kappa shape index (κ3) is 3.76. The van der Waals surface area contributed by atoms with Crippen molar-refractivity contribution in [2.75, 3.05) is 5.32 Å². The van der Waals surface area contributed by atoms with Crippen molar-refractivity contribution in [3.8, 4) is 0 Å². The number of fused-ring (bicyclic) bond motifs is 1. The number of nitrogens with zero attached hydrogens (tertiary/aromatic N) is 4.